The van der Waals surface area contributed by atoms with E-state index in [4.69, 9.17) is 4.74 Å². The Balaban J connectivity index is 1.23. The number of unbranched alkanes of at least 4 members (excludes halogenated alkanes) is 3. The van der Waals surface area contributed by atoms with Gasteiger partial charge in [0, 0.05) is 6.42 Å². The predicted octanol–water partition coefficient (Wildman–Crippen LogP) is 9.65. The van der Waals surface area contributed by atoms with Crippen LogP contribution < -0.4 is 4.74 Å². The molecular weight excluding hydrogens is 567 g/mol. The number of fused-ring (bicyclic) bond motifs is 1. The Morgan fingerprint density at radius 2 is 1.36 bits per heavy atom. The lowest BCUT2D eigenvalue weighted by molar-refractivity contribution is -0.284. The predicted molar refractivity (Wildman–Crippen MR) is 160 cm³/mol. The van der Waals surface area contributed by atoms with E-state index < -0.39 is 36.1 Å². The van der Waals surface area contributed by atoms with Gasteiger partial charge in [0.25, 0.3) is 0 Å². The number of hydrogen-bond acceptors (Lipinski definition) is 2. The van der Waals surface area contributed by atoms with Crippen molar-refractivity contribution in [1.29, 1.82) is 0 Å². The van der Waals surface area contributed by atoms with E-state index in [2.05, 4.69) is 60.7 Å². The van der Waals surface area contributed by atoms with Crippen LogP contribution in [0.3, 0.4) is 0 Å². The lowest BCUT2D eigenvalue weighted by Gasteiger charge is -2.23. The van der Waals surface area contributed by atoms with Gasteiger partial charge in [-0.1, -0.05) is 77.9 Å². The van der Waals surface area contributed by atoms with E-state index in [1.807, 2.05) is 18.2 Å². The lowest BCUT2D eigenvalue weighted by atomic mass is 9.81. The number of alkyl halides is 5. The SMILES string of the molecule is [O-][S+](CCCCCCOc1ccc(/C(=C2\CCCc3ccccc32)c2ccccc2)cc1)CCCC(F)(F)C(F)(F)F. The number of hydrogen-bond donors (Lipinski definition) is 0. The van der Waals surface area contributed by atoms with Crippen molar-refractivity contribution in [3.05, 3.63) is 101 Å². The Hall–Kier alpha value is -2.84. The molecule has 1 atom stereocenters. The van der Waals surface area contributed by atoms with Gasteiger partial charge >= 0.3 is 12.1 Å². The van der Waals surface area contributed by atoms with Gasteiger partial charge in [0.05, 0.1) is 6.61 Å². The second-order valence-corrected chi connectivity index (χ2v) is 12.4. The van der Waals surface area contributed by atoms with E-state index in [0.29, 0.717) is 18.8 Å². The molecule has 1 aliphatic carbocycles. The maximum atomic E-state index is 12.9. The second-order valence-electron chi connectivity index (χ2n) is 10.7. The summed E-state index contributed by atoms with van der Waals surface area (Å²) >= 11 is -1.39. The highest BCUT2D eigenvalue weighted by Gasteiger charge is 2.56. The summed E-state index contributed by atoms with van der Waals surface area (Å²) in [4.78, 5) is 0. The summed E-state index contributed by atoms with van der Waals surface area (Å²) in [6, 6.07) is 27.4. The molecule has 0 saturated heterocycles. The molecule has 0 amide bonds. The highest BCUT2D eigenvalue weighted by atomic mass is 32.2. The first-order valence-corrected chi connectivity index (χ1v) is 16.0. The molecule has 0 N–H and O–H groups in total. The number of ether oxygens (including phenoxy) is 1. The molecular formula is C34H37F5O2S. The van der Waals surface area contributed by atoms with Crippen molar-refractivity contribution >= 4 is 22.3 Å². The Kier molecular flexibility index (Phi) is 11.5. The molecule has 0 aromatic heterocycles. The second kappa shape index (κ2) is 15.1. The largest absolute Gasteiger partial charge is 0.616 e. The minimum absolute atomic E-state index is 0.139. The molecule has 226 valence electrons. The summed E-state index contributed by atoms with van der Waals surface area (Å²) in [5, 5.41) is 0. The van der Waals surface area contributed by atoms with E-state index in [9.17, 15) is 26.5 Å². The molecule has 42 heavy (non-hydrogen) atoms. The van der Waals surface area contributed by atoms with Crippen LogP contribution in [-0.4, -0.2) is 34.8 Å². The fraction of sp³-hybridized carbons (Fsp3) is 0.412. The van der Waals surface area contributed by atoms with Gasteiger partial charge in [-0.3, -0.25) is 0 Å². The summed E-state index contributed by atoms with van der Waals surface area (Å²) in [5.74, 6) is -3.76. The fourth-order valence-electron chi connectivity index (χ4n) is 5.33. The molecule has 0 saturated carbocycles. The molecule has 0 spiro atoms. The fourth-order valence-corrected chi connectivity index (χ4v) is 6.52. The highest BCUT2D eigenvalue weighted by molar-refractivity contribution is 7.91. The molecule has 2 nitrogen and oxygen atoms in total. The van der Waals surface area contributed by atoms with Gasteiger partial charge in [-0.15, -0.1) is 0 Å². The first kappa shape index (κ1) is 32.1. The van der Waals surface area contributed by atoms with Gasteiger partial charge in [-0.25, -0.2) is 0 Å². The minimum Gasteiger partial charge on any atom is -0.616 e. The summed E-state index contributed by atoms with van der Waals surface area (Å²) < 4.78 is 80.4. The van der Waals surface area contributed by atoms with E-state index in [-0.39, 0.29) is 5.75 Å². The first-order chi connectivity index (χ1) is 20.2. The Morgan fingerprint density at radius 3 is 2.10 bits per heavy atom. The lowest BCUT2D eigenvalue weighted by Crippen LogP contribution is -2.36. The van der Waals surface area contributed by atoms with Crippen molar-refractivity contribution in [2.24, 2.45) is 0 Å². The number of benzene rings is 3. The van der Waals surface area contributed by atoms with Gasteiger partial charge in [-0.2, -0.15) is 22.0 Å². The molecule has 0 heterocycles. The smallest absolute Gasteiger partial charge is 0.453 e. The Morgan fingerprint density at radius 1 is 0.714 bits per heavy atom. The van der Waals surface area contributed by atoms with Gasteiger partial charge in [0.1, 0.15) is 17.3 Å². The van der Waals surface area contributed by atoms with Crippen LogP contribution in [0.2, 0.25) is 0 Å². The standard InChI is InChI=1S/C34H37F5O2S/c35-33(36,34(37,38)39)22-11-25-42(40)24-9-2-1-8-23-41-29-20-18-28(19-21-29)32(27-13-4-3-5-14-27)31-17-10-15-26-12-6-7-16-30(26)31/h3-7,12-14,16,18-21H,1-2,8-11,15,17,22-25H2/b32-31+. The topological polar surface area (TPSA) is 32.3 Å². The third kappa shape index (κ3) is 8.83. The average Bonchev–Trinajstić information content (AvgIpc) is 2.97. The molecule has 8 heteroatoms. The Labute approximate surface area is 248 Å². The van der Waals surface area contributed by atoms with E-state index >= 15 is 0 Å². The zero-order valence-corrected chi connectivity index (χ0v) is 24.4. The summed E-state index contributed by atoms with van der Waals surface area (Å²) in [6.07, 6.45) is -0.945. The summed E-state index contributed by atoms with van der Waals surface area (Å²) in [6.45, 7) is 0.537. The van der Waals surface area contributed by atoms with Gasteiger partial charge in [0.15, 0.2) is 0 Å². The highest BCUT2D eigenvalue weighted by Crippen LogP contribution is 2.40. The van der Waals surface area contributed by atoms with E-state index in [0.717, 1.165) is 49.8 Å². The maximum absolute atomic E-state index is 12.9. The van der Waals surface area contributed by atoms with Gasteiger partial charge in [0.2, 0.25) is 0 Å². The molecule has 0 bridgehead atoms. The molecule has 0 fully saturated rings. The van der Waals surface area contributed by atoms with Crippen LogP contribution in [0, 0.1) is 0 Å². The third-order valence-corrected chi connectivity index (χ3v) is 9.02. The number of halogens is 5. The van der Waals surface area contributed by atoms with Gasteiger partial charge in [-0.05, 0) is 96.9 Å². The third-order valence-electron chi connectivity index (χ3n) is 7.54. The number of aryl methyl sites for hydroxylation is 1. The molecule has 1 unspecified atom stereocenters. The van der Waals surface area contributed by atoms with Crippen LogP contribution in [0.15, 0.2) is 78.9 Å². The molecule has 1 aliphatic rings. The molecule has 3 aromatic rings. The quantitative estimate of drug-likeness (QED) is 0.104. The van der Waals surface area contributed by atoms with Crippen molar-refractivity contribution in [1.82, 2.24) is 0 Å². The Bertz CT molecular complexity index is 1290. The monoisotopic (exact) mass is 604 g/mol. The number of rotatable bonds is 14. The van der Waals surface area contributed by atoms with Crippen LogP contribution in [0.1, 0.15) is 73.6 Å². The van der Waals surface area contributed by atoms with Crippen LogP contribution in [-0.2, 0) is 17.6 Å². The molecule has 0 aliphatic heterocycles. The molecule has 0 radical (unpaired) electrons. The van der Waals surface area contributed by atoms with Crippen molar-refractivity contribution in [2.75, 3.05) is 18.1 Å². The zero-order valence-electron chi connectivity index (χ0n) is 23.6. The van der Waals surface area contributed by atoms with Gasteiger partial charge < -0.3 is 9.29 Å². The zero-order chi connectivity index (χ0) is 30.0. The maximum Gasteiger partial charge on any atom is 0.453 e. The van der Waals surface area contributed by atoms with Crippen molar-refractivity contribution in [3.8, 4) is 5.75 Å². The van der Waals surface area contributed by atoms with Crippen molar-refractivity contribution in [3.63, 3.8) is 0 Å². The van der Waals surface area contributed by atoms with Crippen LogP contribution in [0.25, 0.3) is 11.1 Å². The molecule has 4 rings (SSSR count). The minimum atomic E-state index is -5.55. The van der Waals surface area contributed by atoms with Crippen LogP contribution in [0.4, 0.5) is 22.0 Å². The number of allylic oxidation sites excluding steroid dienone is 1. The van der Waals surface area contributed by atoms with Crippen LogP contribution in [0.5, 0.6) is 5.75 Å². The normalized spacial score (nSPS) is 15.7. The van der Waals surface area contributed by atoms with E-state index in [1.54, 1.807) is 0 Å². The van der Waals surface area contributed by atoms with E-state index in [1.165, 1.54) is 27.8 Å². The van der Waals surface area contributed by atoms with Crippen molar-refractivity contribution < 1.29 is 31.2 Å². The summed E-state index contributed by atoms with van der Waals surface area (Å²) in [7, 11) is 0. The molecule has 3 aromatic carbocycles. The van der Waals surface area contributed by atoms with Crippen molar-refractivity contribution in [2.45, 2.75) is 69.9 Å². The first-order valence-electron chi connectivity index (χ1n) is 14.6. The van der Waals surface area contributed by atoms with Crippen LogP contribution >= 0.6 is 0 Å². The average molecular weight is 605 g/mol. The summed E-state index contributed by atoms with van der Waals surface area (Å²) in [5.41, 5.74) is 7.69.